The van der Waals surface area contributed by atoms with Gasteiger partial charge in [-0.15, -0.1) is 0 Å². The molecule has 0 spiro atoms. The summed E-state index contributed by atoms with van der Waals surface area (Å²) in [5, 5.41) is 11.4. The van der Waals surface area contributed by atoms with E-state index in [-0.39, 0.29) is 0 Å². The zero-order valence-electron chi connectivity index (χ0n) is 8.74. The van der Waals surface area contributed by atoms with Crippen molar-refractivity contribution in [2.75, 3.05) is 0 Å². The predicted molar refractivity (Wildman–Crippen MR) is 56.2 cm³/mol. The van der Waals surface area contributed by atoms with Crippen molar-refractivity contribution in [1.82, 2.24) is 0 Å². The number of carbonyl (C=O) groups excluding carboxylic acids is 1. The number of rotatable bonds is 2. The van der Waals surface area contributed by atoms with Gasteiger partial charge in [0.1, 0.15) is 0 Å². The molecule has 0 amide bonds. The number of carboxylic acids is 1. The zero-order chi connectivity index (χ0) is 10.7. The highest BCUT2D eigenvalue weighted by Crippen LogP contribution is 2.38. The van der Waals surface area contributed by atoms with Crippen LogP contribution in [0.5, 0.6) is 0 Å². The first kappa shape index (κ1) is 10.2. The number of aliphatic carboxylic acids is 1. The largest absolute Gasteiger partial charge is 0.549 e. The average molecular weight is 203 g/mol. The molecular weight excluding hydrogens is 188 g/mol. The van der Waals surface area contributed by atoms with Crippen LogP contribution < -0.4 is 5.11 Å². The van der Waals surface area contributed by atoms with Crippen LogP contribution >= 0.6 is 0 Å². The van der Waals surface area contributed by atoms with Gasteiger partial charge in [-0.05, 0) is 18.4 Å². The zero-order valence-corrected chi connectivity index (χ0v) is 8.74. The maximum Gasteiger partial charge on any atom is 0.0520 e. The summed E-state index contributed by atoms with van der Waals surface area (Å²) in [6.45, 7) is 0. The molecule has 1 aliphatic rings. The van der Waals surface area contributed by atoms with Gasteiger partial charge < -0.3 is 9.90 Å². The number of hydrogen-bond donors (Lipinski definition) is 0. The second kappa shape index (κ2) is 4.05. The Kier molecular flexibility index (Phi) is 2.76. The molecule has 1 aromatic rings. The fourth-order valence-corrected chi connectivity index (χ4v) is 2.52. The van der Waals surface area contributed by atoms with Gasteiger partial charge in [-0.1, -0.05) is 49.6 Å². The van der Waals surface area contributed by atoms with Crippen molar-refractivity contribution < 1.29 is 9.90 Å². The molecule has 0 atom stereocenters. The smallest absolute Gasteiger partial charge is 0.0520 e. The van der Waals surface area contributed by atoms with Crippen molar-refractivity contribution in [3.8, 4) is 0 Å². The summed E-state index contributed by atoms with van der Waals surface area (Å²) in [4.78, 5) is 11.4. The van der Waals surface area contributed by atoms with Crippen molar-refractivity contribution in [3.05, 3.63) is 35.9 Å². The van der Waals surface area contributed by atoms with Gasteiger partial charge in [-0.3, -0.25) is 0 Å². The molecule has 80 valence electrons. The average Bonchev–Trinajstić information content (AvgIpc) is 2.31. The Morgan fingerprint density at radius 2 is 1.67 bits per heavy atom. The van der Waals surface area contributed by atoms with Crippen molar-refractivity contribution in [1.29, 1.82) is 0 Å². The maximum atomic E-state index is 11.4. The van der Waals surface area contributed by atoms with Crippen LogP contribution in [0.25, 0.3) is 0 Å². The van der Waals surface area contributed by atoms with Crippen LogP contribution in [0.2, 0.25) is 0 Å². The summed E-state index contributed by atoms with van der Waals surface area (Å²) < 4.78 is 0. The van der Waals surface area contributed by atoms with Gasteiger partial charge in [0.2, 0.25) is 0 Å². The van der Waals surface area contributed by atoms with E-state index in [0.717, 1.165) is 37.7 Å². The molecule has 1 aromatic carbocycles. The SMILES string of the molecule is O=C([O-])C1(c2ccccc2)CCCCC1. The summed E-state index contributed by atoms with van der Waals surface area (Å²) in [6.07, 6.45) is 4.56. The molecule has 0 aliphatic heterocycles. The van der Waals surface area contributed by atoms with E-state index < -0.39 is 11.4 Å². The highest BCUT2D eigenvalue weighted by Gasteiger charge is 2.34. The van der Waals surface area contributed by atoms with Gasteiger partial charge in [0, 0.05) is 5.41 Å². The van der Waals surface area contributed by atoms with Crippen molar-refractivity contribution in [3.63, 3.8) is 0 Å². The minimum absolute atomic E-state index is 0.722. The molecular formula is C13H15O2-. The molecule has 2 heteroatoms. The highest BCUT2D eigenvalue weighted by atomic mass is 16.4. The van der Waals surface area contributed by atoms with Crippen molar-refractivity contribution in [2.45, 2.75) is 37.5 Å². The van der Waals surface area contributed by atoms with E-state index in [1.165, 1.54) is 0 Å². The van der Waals surface area contributed by atoms with Crippen LogP contribution in [0.15, 0.2) is 30.3 Å². The number of hydrogen-bond acceptors (Lipinski definition) is 2. The molecule has 15 heavy (non-hydrogen) atoms. The van der Waals surface area contributed by atoms with E-state index in [2.05, 4.69) is 0 Å². The minimum atomic E-state index is -0.909. The summed E-state index contributed by atoms with van der Waals surface area (Å²) in [6, 6.07) is 9.51. The van der Waals surface area contributed by atoms with E-state index in [4.69, 9.17) is 0 Å². The molecule has 1 aliphatic carbocycles. The molecule has 2 rings (SSSR count). The monoisotopic (exact) mass is 203 g/mol. The maximum absolute atomic E-state index is 11.4. The third kappa shape index (κ3) is 1.76. The Balaban J connectivity index is 2.38. The Bertz CT molecular complexity index is 337. The molecule has 0 aromatic heterocycles. The molecule has 1 saturated carbocycles. The fraction of sp³-hybridized carbons (Fsp3) is 0.462. The minimum Gasteiger partial charge on any atom is -0.549 e. The van der Waals surface area contributed by atoms with Gasteiger partial charge in [-0.2, -0.15) is 0 Å². The lowest BCUT2D eigenvalue weighted by molar-refractivity contribution is -0.315. The molecule has 0 heterocycles. The second-order valence-electron chi connectivity index (χ2n) is 4.30. The highest BCUT2D eigenvalue weighted by molar-refractivity contribution is 5.79. The second-order valence-corrected chi connectivity index (χ2v) is 4.30. The molecule has 0 radical (unpaired) electrons. The van der Waals surface area contributed by atoms with Gasteiger partial charge in [0.25, 0.3) is 0 Å². The first-order valence-electron chi connectivity index (χ1n) is 5.53. The first-order chi connectivity index (χ1) is 7.26. The van der Waals surface area contributed by atoms with Crippen molar-refractivity contribution >= 4 is 5.97 Å². The third-order valence-electron chi connectivity index (χ3n) is 3.42. The lowest BCUT2D eigenvalue weighted by Crippen LogP contribution is -2.47. The summed E-state index contributed by atoms with van der Waals surface area (Å²) in [5.74, 6) is -0.909. The van der Waals surface area contributed by atoms with Gasteiger partial charge >= 0.3 is 0 Å². The van der Waals surface area contributed by atoms with Crippen molar-refractivity contribution in [2.24, 2.45) is 0 Å². The fourth-order valence-electron chi connectivity index (χ4n) is 2.52. The lowest BCUT2D eigenvalue weighted by atomic mass is 9.69. The predicted octanol–water partition coefficient (Wildman–Crippen LogP) is 1.64. The number of carboxylic acid groups (broad SMARTS) is 1. The summed E-state index contributed by atoms with van der Waals surface area (Å²) >= 11 is 0. The van der Waals surface area contributed by atoms with Crippen LogP contribution in [0.1, 0.15) is 37.7 Å². The van der Waals surface area contributed by atoms with Gasteiger partial charge in [-0.25, -0.2) is 0 Å². The molecule has 0 unspecified atom stereocenters. The summed E-state index contributed by atoms with van der Waals surface area (Å²) in [7, 11) is 0. The van der Waals surface area contributed by atoms with E-state index in [1.54, 1.807) is 0 Å². The molecule has 0 bridgehead atoms. The Morgan fingerprint density at radius 3 is 2.20 bits per heavy atom. The van der Waals surface area contributed by atoms with Crippen LogP contribution in [0.4, 0.5) is 0 Å². The first-order valence-corrected chi connectivity index (χ1v) is 5.53. The molecule has 2 nitrogen and oxygen atoms in total. The van der Waals surface area contributed by atoms with Crippen LogP contribution in [-0.2, 0) is 10.2 Å². The molecule has 0 N–H and O–H groups in total. The Labute approximate surface area is 89.9 Å². The number of carbonyl (C=O) groups is 1. The number of benzene rings is 1. The van der Waals surface area contributed by atoms with E-state index in [9.17, 15) is 9.90 Å². The molecule has 0 saturated heterocycles. The Morgan fingerprint density at radius 1 is 1.07 bits per heavy atom. The topological polar surface area (TPSA) is 40.1 Å². The van der Waals surface area contributed by atoms with E-state index >= 15 is 0 Å². The van der Waals surface area contributed by atoms with Gasteiger partial charge in [0.05, 0.1) is 5.97 Å². The quantitative estimate of drug-likeness (QED) is 0.733. The summed E-state index contributed by atoms with van der Waals surface area (Å²) in [5.41, 5.74) is 0.184. The standard InChI is InChI=1S/C13H16O2/c14-12(15)13(9-5-2-6-10-13)11-7-3-1-4-8-11/h1,3-4,7-8H,2,5-6,9-10H2,(H,14,15)/p-1. The van der Waals surface area contributed by atoms with E-state index in [1.807, 2.05) is 30.3 Å². The Hall–Kier alpha value is -1.31. The van der Waals surface area contributed by atoms with Gasteiger partial charge in [0.15, 0.2) is 0 Å². The van der Waals surface area contributed by atoms with Crippen LogP contribution in [0.3, 0.4) is 0 Å². The normalized spacial score (nSPS) is 19.7. The van der Waals surface area contributed by atoms with E-state index in [0.29, 0.717) is 0 Å². The van der Waals surface area contributed by atoms with Crippen LogP contribution in [-0.4, -0.2) is 5.97 Å². The van der Waals surface area contributed by atoms with Crippen LogP contribution in [0, 0.1) is 0 Å². The lowest BCUT2D eigenvalue weighted by Gasteiger charge is -2.38. The molecule has 1 fully saturated rings. The third-order valence-corrected chi connectivity index (χ3v) is 3.42.